The van der Waals surface area contributed by atoms with Crippen LogP contribution in [-0.2, 0) is 16.4 Å². The third kappa shape index (κ3) is 5.42. The molecule has 3 aromatic rings. The van der Waals surface area contributed by atoms with Crippen molar-refractivity contribution in [3.63, 3.8) is 0 Å². The van der Waals surface area contributed by atoms with Crippen molar-refractivity contribution in [3.05, 3.63) is 89.2 Å². The predicted octanol–water partition coefficient (Wildman–Crippen LogP) is 3.47. The zero-order chi connectivity index (χ0) is 20.9. The Hall–Kier alpha value is -3.19. The lowest BCUT2D eigenvalue weighted by molar-refractivity contribution is 0.0954. The van der Waals surface area contributed by atoms with Gasteiger partial charge in [-0.05, 0) is 79.4 Å². The highest BCUT2D eigenvalue weighted by Gasteiger charge is 2.15. The number of pyridine rings is 1. The molecule has 0 spiro atoms. The van der Waals surface area contributed by atoms with E-state index in [4.69, 9.17) is 0 Å². The van der Waals surface area contributed by atoms with Gasteiger partial charge in [0.05, 0.1) is 4.90 Å². The SMILES string of the molecule is Cc1ccc(NS(=O)(=O)c2ccc(C(=O)NCCc3cccnc3)cc2)cc1C. The molecule has 150 valence electrons. The second kappa shape index (κ2) is 8.87. The first-order chi connectivity index (χ1) is 13.8. The van der Waals surface area contributed by atoms with Gasteiger partial charge in [0.15, 0.2) is 0 Å². The zero-order valence-corrected chi connectivity index (χ0v) is 17.2. The van der Waals surface area contributed by atoms with E-state index in [9.17, 15) is 13.2 Å². The number of aryl methyl sites for hydroxylation is 2. The van der Waals surface area contributed by atoms with E-state index in [-0.39, 0.29) is 10.8 Å². The van der Waals surface area contributed by atoms with E-state index in [1.165, 1.54) is 24.3 Å². The topological polar surface area (TPSA) is 88.2 Å². The van der Waals surface area contributed by atoms with Crippen LogP contribution in [0.3, 0.4) is 0 Å². The second-order valence-electron chi connectivity index (χ2n) is 6.80. The minimum absolute atomic E-state index is 0.0997. The maximum atomic E-state index is 12.6. The van der Waals surface area contributed by atoms with Crippen molar-refractivity contribution < 1.29 is 13.2 Å². The fraction of sp³-hybridized carbons (Fsp3) is 0.182. The van der Waals surface area contributed by atoms with Crippen LogP contribution in [0.2, 0.25) is 0 Å². The van der Waals surface area contributed by atoms with Crippen molar-refractivity contribution in [3.8, 4) is 0 Å². The smallest absolute Gasteiger partial charge is 0.261 e. The average Bonchev–Trinajstić information content (AvgIpc) is 2.71. The van der Waals surface area contributed by atoms with Crippen LogP contribution < -0.4 is 10.0 Å². The van der Waals surface area contributed by atoms with Gasteiger partial charge in [-0.25, -0.2) is 8.42 Å². The van der Waals surface area contributed by atoms with E-state index in [1.807, 2.05) is 32.0 Å². The normalized spacial score (nSPS) is 11.1. The monoisotopic (exact) mass is 409 g/mol. The fourth-order valence-corrected chi connectivity index (χ4v) is 3.82. The van der Waals surface area contributed by atoms with Crippen LogP contribution >= 0.6 is 0 Å². The van der Waals surface area contributed by atoms with E-state index in [2.05, 4.69) is 15.0 Å². The molecule has 2 aromatic carbocycles. The summed E-state index contributed by atoms with van der Waals surface area (Å²) < 4.78 is 27.8. The first-order valence-corrected chi connectivity index (χ1v) is 10.7. The molecule has 0 radical (unpaired) electrons. The first-order valence-electron chi connectivity index (χ1n) is 9.22. The van der Waals surface area contributed by atoms with Crippen LogP contribution in [0, 0.1) is 13.8 Å². The predicted molar refractivity (Wildman–Crippen MR) is 113 cm³/mol. The molecule has 6 nitrogen and oxygen atoms in total. The van der Waals surface area contributed by atoms with Gasteiger partial charge in [0, 0.05) is 30.2 Å². The van der Waals surface area contributed by atoms with Gasteiger partial charge in [0.1, 0.15) is 0 Å². The van der Waals surface area contributed by atoms with Crippen molar-refractivity contribution in [1.82, 2.24) is 10.3 Å². The second-order valence-corrected chi connectivity index (χ2v) is 8.48. The number of carbonyl (C=O) groups excluding carboxylic acids is 1. The van der Waals surface area contributed by atoms with Crippen LogP contribution in [0.15, 0.2) is 71.9 Å². The van der Waals surface area contributed by atoms with Gasteiger partial charge in [-0.2, -0.15) is 0 Å². The van der Waals surface area contributed by atoms with Crippen molar-refractivity contribution >= 4 is 21.6 Å². The number of amides is 1. The highest BCUT2D eigenvalue weighted by molar-refractivity contribution is 7.92. The number of rotatable bonds is 7. The quantitative estimate of drug-likeness (QED) is 0.625. The summed E-state index contributed by atoms with van der Waals surface area (Å²) >= 11 is 0. The molecule has 1 heterocycles. The molecule has 3 rings (SSSR count). The molecular weight excluding hydrogens is 386 g/mol. The Morgan fingerprint density at radius 1 is 1.00 bits per heavy atom. The molecule has 0 saturated heterocycles. The highest BCUT2D eigenvalue weighted by atomic mass is 32.2. The molecule has 0 saturated carbocycles. The largest absolute Gasteiger partial charge is 0.352 e. The van der Waals surface area contributed by atoms with Crippen LogP contribution in [0.1, 0.15) is 27.0 Å². The molecule has 0 aliphatic rings. The van der Waals surface area contributed by atoms with E-state index in [0.29, 0.717) is 24.2 Å². The lowest BCUT2D eigenvalue weighted by Gasteiger charge is -2.10. The number of nitrogens with zero attached hydrogens (tertiary/aromatic N) is 1. The minimum Gasteiger partial charge on any atom is -0.352 e. The lowest BCUT2D eigenvalue weighted by atomic mass is 10.1. The number of nitrogens with one attached hydrogen (secondary N) is 2. The number of hydrogen-bond donors (Lipinski definition) is 2. The number of hydrogen-bond acceptors (Lipinski definition) is 4. The average molecular weight is 410 g/mol. The summed E-state index contributed by atoms with van der Waals surface area (Å²) in [6, 6.07) is 15.1. The number of carbonyl (C=O) groups is 1. The van der Waals surface area contributed by atoms with Crippen LogP contribution in [0.4, 0.5) is 5.69 Å². The fourth-order valence-electron chi connectivity index (χ4n) is 2.77. The number of aromatic nitrogens is 1. The molecule has 7 heteroatoms. The Balaban J connectivity index is 1.62. The molecule has 0 fully saturated rings. The van der Waals surface area contributed by atoms with E-state index >= 15 is 0 Å². The highest BCUT2D eigenvalue weighted by Crippen LogP contribution is 2.19. The molecule has 0 bridgehead atoms. The Morgan fingerprint density at radius 3 is 2.41 bits per heavy atom. The van der Waals surface area contributed by atoms with E-state index < -0.39 is 10.0 Å². The van der Waals surface area contributed by atoms with Crippen molar-refractivity contribution in [2.75, 3.05) is 11.3 Å². The molecular formula is C22H23N3O3S. The van der Waals surface area contributed by atoms with Gasteiger partial charge in [-0.1, -0.05) is 12.1 Å². The molecule has 0 aliphatic heterocycles. The van der Waals surface area contributed by atoms with Crippen LogP contribution in [0.5, 0.6) is 0 Å². The molecule has 2 N–H and O–H groups in total. The Kier molecular flexibility index (Phi) is 6.29. The van der Waals surface area contributed by atoms with Gasteiger partial charge in [0.25, 0.3) is 15.9 Å². The first kappa shape index (κ1) is 20.5. The van der Waals surface area contributed by atoms with Crippen molar-refractivity contribution in [1.29, 1.82) is 0 Å². The summed E-state index contributed by atoms with van der Waals surface area (Å²) in [4.78, 5) is 16.4. The summed E-state index contributed by atoms with van der Waals surface area (Å²) in [5.74, 6) is -0.250. The molecule has 0 unspecified atom stereocenters. The molecule has 29 heavy (non-hydrogen) atoms. The van der Waals surface area contributed by atoms with Gasteiger partial charge in [-0.3, -0.25) is 14.5 Å². The van der Waals surface area contributed by atoms with Crippen LogP contribution in [0.25, 0.3) is 0 Å². The van der Waals surface area contributed by atoms with Gasteiger partial charge in [0.2, 0.25) is 0 Å². The minimum atomic E-state index is -3.73. The third-order valence-electron chi connectivity index (χ3n) is 4.61. The summed E-state index contributed by atoms with van der Waals surface area (Å²) in [6.45, 7) is 4.36. The summed E-state index contributed by atoms with van der Waals surface area (Å²) in [6.07, 6.45) is 4.13. The molecule has 1 aromatic heterocycles. The zero-order valence-electron chi connectivity index (χ0n) is 16.3. The standard InChI is InChI=1S/C22H23N3O3S/c1-16-5-8-20(14-17(16)2)25-29(27,28)21-9-6-19(7-10-21)22(26)24-13-11-18-4-3-12-23-15-18/h3-10,12,14-15,25H,11,13H2,1-2H3,(H,24,26). The Labute approximate surface area is 171 Å². The lowest BCUT2D eigenvalue weighted by Crippen LogP contribution is -2.25. The maximum Gasteiger partial charge on any atom is 0.261 e. The summed E-state index contributed by atoms with van der Waals surface area (Å²) in [7, 11) is -3.73. The maximum absolute atomic E-state index is 12.6. The Bertz CT molecular complexity index is 1100. The summed E-state index contributed by atoms with van der Waals surface area (Å²) in [5.41, 5.74) is 4.04. The molecule has 0 atom stereocenters. The van der Waals surface area contributed by atoms with Crippen LogP contribution in [-0.4, -0.2) is 25.9 Å². The van der Waals surface area contributed by atoms with Gasteiger partial charge < -0.3 is 5.32 Å². The summed E-state index contributed by atoms with van der Waals surface area (Å²) in [5, 5.41) is 2.83. The van der Waals surface area contributed by atoms with Gasteiger partial charge in [-0.15, -0.1) is 0 Å². The van der Waals surface area contributed by atoms with Gasteiger partial charge >= 0.3 is 0 Å². The van der Waals surface area contributed by atoms with Crippen molar-refractivity contribution in [2.24, 2.45) is 0 Å². The van der Waals surface area contributed by atoms with E-state index in [1.54, 1.807) is 24.5 Å². The number of benzene rings is 2. The van der Waals surface area contributed by atoms with E-state index in [0.717, 1.165) is 16.7 Å². The number of sulfonamides is 1. The molecule has 1 amide bonds. The van der Waals surface area contributed by atoms with Crippen molar-refractivity contribution in [2.45, 2.75) is 25.2 Å². The Morgan fingerprint density at radius 2 is 1.76 bits per heavy atom. The number of anilines is 1. The molecule has 0 aliphatic carbocycles. The third-order valence-corrected chi connectivity index (χ3v) is 6.01.